The van der Waals surface area contributed by atoms with Gasteiger partial charge in [0.1, 0.15) is 0 Å². The Morgan fingerprint density at radius 2 is 1.88 bits per heavy atom. The van der Waals surface area contributed by atoms with Crippen molar-refractivity contribution in [2.24, 2.45) is 5.92 Å². The van der Waals surface area contributed by atoms with E-state index in [0.717, 1.165) is 25.0 Å². The second kappa shape index (κ2) is 9.39. The molecular weight excluding hydrogens is 292 g/mol. The van der Waals surface area contributed by atoms with Crippen molar-refractivity contribution in [1.82, 2.24) is 10.2 Å². The number of benzene rings is 1. The summed E-state index contributed by atoms with van der Waals surface area (Å²) >= 11 is 0. The molecule has 132 valence electrons. The molecule has 24 heavy (non-hydrogen) atoms. The summed E-state index contributed by atoms with van der Waals surface area (Å²) in [5.74, 6) is 0.971. The highest BCUT2D eigenvalue weighted by molar-refractivity contribution is 5.52. The fourth-order valence-corrected chi connectivity index (χ4v) is 4.39. The van der Waals surface area contributed by atoms with Crippen LogP contribution in [0.15, 0.2) is 35.9 Å². The van der Waals surface area contributed by atoms with Gasteiger partial charge in [-0.25, -0.2) is 0 Å². The van der Waals surface area contributed by atoms with Gasteiger partial charge in [-0.15, -0.1) is 0 Å². The predicted octanol–water partition coefficient (Wildman–Crippen LogP) is 4.72. The maximum Gasteiger partial charge on any atom is 0.0221 e. The SMILES string of the molecule is C/C(=C\c1ccccc1)CNC[C@@H]1CCCN1CC1CCCCC1. The molecule has 2 aliphatic rings. The van der Waals surface area contributed by atoms with Gasteiger partial charge in [-0.1, -0.05) is 61.2 Å². The molecule has 0 spiro atoms. The zero-order chi connectivity index (χ0) is 16.6. The third kappa shape index (κ3) is 5.46. The summed E-state index contributed by atoms with van der Waals surface area (Å²) < 4.78 is 0. The fourth-order valence-electron chi connectivity index (χ4n) is 4.39. The lowest BCUT2D eigenvalue weighted by atomic mass is 9.89. The van der Waals surface area contributed by atoms with E-state index < -0.39 is 0 Å². The average Bonchev–Trinajstić information content (AvgIpc) is 3.04. The van der Waals surface area contributed by atoms with Gasteiger partial charge >= 0.3 is 0 Å². The number of likely N-dealkylation sites (tertiary alicyclic amines) is 1. The normalized spacial score (nSPS) is 23.7. The van der Waals surface area contributed by atoms with E-state index in [2.05, 4.69) is 53.5 Å². The molecule has 1 aliphatic heterocycles. The summed E-state index contributed by atoms with van der Waals surface area (Å²) in [6.07, 6.45) is 12.4. The Bertz CT molecular complexity index is 502. The van der Waals surface area contributed by atoms with Gasteiger partial charge in [-0.2, -0.15) is 0 Å². The Kier molecular flexibility index (Phi) is 6.92. The Morgan fingerprint density at radius 1 is 1.08 bits per heavy atom. The molecule has 2 heteroatoms. The molecule has 0 aromatic heterocycles. The van der Waals surface area contributed by atoms with Gasteiger partial charge in [0.05, 0.1) is 0 Å². The summed E-state index contributed by atoms with van der Waals surface area (Å²) in [5, 5.41) is 3.70. The van der Waals surface area contributed by atoms with Crippen molar-refractivity contribution in [3.63, 3.8) is 0 Å². The first-order chi connectivity index (χ1) is 11.8. The molecule has 3 rings (SSSR count). The molecule has 1 aliphatic carbocycles. The molecule has 1 N–H and O–H groups in total. The molecule has 1 aromatic carbocycles. The average molecular weight is 327 g/mol. The van der Waals surface area contributed by atoms with Crippen LogP contribution < -0.4 is 5.32 Å². The summed E-state index contributed by atoms with van der Waals surface area (Å²) in [7, 11) is 0. The minimum Gasteiger partial charge on any atom is -0.311 e. The largest absolute Gasteiger partial charge is 0.311 e. The maximum absolute atomic E-state index is 3.70. The summed E-state index contributed by atoms with van der Waals surface area (Å²) in [5.41, 5.74) is 2.72. The van der Waals surface area contributed by atoms with Crippen LogP contribution in [0.2, 0.25) is 0 Å². The Labute approximate surface area is 148 Å². The topological polar surface area (TPSA) is 15.3 Å². The van der Waals surface area contributed by atoms with Crippen LogP contribution in [0.5, 0.6) is 0 Å². The van der Waals surface area contributed by atoms with Crippen LogP contribution in [0, 0.1) is 5.92 Å². The van der Waals surface area contributed by atoms with Crippen molar-refractivity contribution in [2.45, 2.75) is 57.9 Å². The molecule has 2 nitrogen and oxygen atoms in total. The highest BCUT2D eigenvalue weighted by Crippen LogP contribution is 2.27. The van der Waals surface area contributed by atoms with E-state index in [9.17, 15) is 0 Å². The molecular formula is C22H34N2. The molecule has 1 heterocycles. The van der Waals surface area contributed by atoms with Crippen LogP contribution in [-0.4, -0.2) is 37.1 Å². The fraction of sp³-hybridized carbons (Fsp3) is 0.636. The van der Waals surface area contributed by atoms with E-state index in [1.165, 1.54) is 69.2 Å². The van der Waals surface area contributed by atoms with Crippen molar-refractivity contribution in [2.75, 3.05) is 26.2 Å². The van der Waals surface area contributed by atoms with Crippen molar-refractivity contribution in [3.05, 3.63) is 41.5 Å². The molecule has 0 radical (unpaired) electrons. The Morgan fingerprint density at radius 3 is 2.67 bits per heavy atom. The highest BCUT2D eigenvalue weighted by atomic mass is 15.2. The minimum absolute atomic E-state index is 0.761. The van der Waals surface area contributed by atoms with Crippen molar-refractivity contribution in [1.29, 1.82) is 0 Å². The van der Waals surface area contributed by atoms with Gasteiger partial charge < -0.3 is 5.32 Å². The van der Waals surface area contributed by atoms with Crippen LogP contribution >= 0.6 is 0 Å². The second-order valence-electron chi connectivity index (χ2n) is 7.83. The number of rotatable bonds is 7. The third-order valence-corrected chi connectivity index (χ3v) is 5.71. The zero-order valence-corrected chi connectivity index (χ0v) is 15.3. The van der Waals surface area contributed by atoms with Gasteiger partial charge in [0.25, 0.3) is 0 Å². The lowest BCUT2D eigenvalue weighted by molar-refractivity contribution is 0.185. The monoisotopic (exact) mass is 326 g/mol. The Hall–Kier alpha value is -1.12. The smallest absolute Gasteiger partial charge is 0.0221 e. The molecule has 1 saturated heterocycles. The Balaban J connectivity index is 1.41. The van der Waals surface area contributed by atoms with E-state index in [0.29, 0.717) is 0 Å². The van der Waals surface area contributed by atoms with E-state index in [1.807, 2.05) is 0 Å². The predicted molar refractivity (Wildman–Crippen MR) is 104 cm³/mol. The van der Waals surface area contributed by atoms with Crippen LogP contribution in [0.1, 0.15) is 57.4 Å². The summed E-state index contributed by atoms with van der Waals surface area (Å²) in [6.45, 7) is 7.05. The van der Waals surface area contributed by atoms with Crippen LogP contribution in [0.3, 0.4) is 0 Å². The molecule has 0 unspecified atom stereocenters. The lowest BCUT2D eigenvalue weighted by Gasteiger charge is -2.31. The molecule has 1 saturated carbocycles. The van der Waals surface area contributed by atoms with Crippen molar-refractivity contribution in [3.8, 4) is 0 Å². The number of hydrogen-bond acceptors (Lipinski definition) is 2. The maximum atomic E-state index is 3.70. The first-order valence-corrected chi connectivity index (χ1v) is 9.98. The van der Waals surface area contributed by atoms with Crippen molar-refractivity contribution < 1.29 is 0 Å². The number of hydrogen-bond donors (Lipinski definition) is 1. The molecule has 1 atom stereocenters. The second-order valence-corrected chi connectivity index (χ2v) is 7.83. The molecule has 2 fully saturated rings. The first kappa shape index (κ1) is 17.7. The van der Waals surface area contributed by atoms with Gasteiger partial charge in [0.2, 0.25) is 0 Å². The standard InChI is InChI=1S/C22H34N2/c1-19(15-20-9-4-2-5-10-20)16-23-17-22-13-8-14-24(22)18-21-11-6-3-7-12-21/h2,4-5,9-10,15,21-23H,3,6-8,11-14,16-18H2,1H3/b19-15+/t22-/m0/s1. The summed E-state index contributed by atoms with van der Waals surface area (Å²) in [4.78, 5) is 2.78. The van der Waals surface area contributed by atoms with Crippen LogP contribution in [0.25, 0.3) is 6.08 Å². The van der Waals surface area contributed by atoms with Gasteiger partial charge in [-0.05, 0) is 50.6 Å². The van der Waals surface area contributed by atoms with Gasteiger partial charge in [-0.3, -0.25) is 4.90 Å². The van der Waals surface area contributed by atoms with E-state index >= 15 is 0 Å². The quantitative estimate of drug-likeness (QED) is 0.779. The highest BCUT2D eigenvalue weighted by Gasteiger charge is 2.26. The van der Waals surface area contributed by atoms with Crippen molar-refractivity contribution >= 4 is 6.08 Å². The van der Waals surface area contributed by atoms with Crippen LogP contribution in [-0.2, 0) is 0 Å². The van der Waals surface area contributed by atoms with Crippen LogP contribution in [0.4, 0.5) is 0 Å². The zero-order valence-electron chi connectivity index (χ0n) is 15.3. The first-order valence-electron chi connectivity index (χ1n) is 9.98. The van der Waals surface area contributed by atoms with Gasteiger partial charge in [0.15, 0.2) is 0 Å². The lowest BCUT2D eigenvalue weighted by Crippen LogP contribution is -2.41. The number of nitrogens with zero attached hydrogens (tertiary/aromatic N) is 1. The summed E-state index contributed by atoms with van der Waals surface area (Å²) in [6, 6.07) is 11.4. The minimum atomic E-state index is 0.761. The molecule has 0 amide bonds. The molecule has 1 aromatic rings. The van der Waals surface area contributed by atoms with E-state index in [4.69, 9.17) is 0 Å². The third-order valence-electron chi connectivity index (χ3n) is 5.71. The van der Waals surface area contributed by atoms with E-state index in [1.54, 1.807) is 0 Å². The van der Waals surface area contributed by atoms with Gasteiger partial charge in [0, 0.05) is 25.7 Å². The van der Waals surface area contributed by atoms with E-state index in [-0.39, 0.29) is 0 Å². The number of nitrogens with one attached hydrogen (secondary N) is 1. The molecule has 0 bridgehead atoms.